The average Bonchev–Trinajstić information content (AvgIpc) is 2.79. The van der Waals surface area contributed by atoms with Crippen LogP contribution in [-0.2, 0) is 4.79 Å². The van der Waals surface area contributed by atoms with Crippen LogP contribution >= 0.6 is 0 Å². The van der Waals surface area contributed by atoms with Crippen LogP contribution in [0.25, 0.3) is 0 Å². The zero-order chi connectivity index (χ0) is 13.2. The maximum atomic E-state index is 11.5. The van der Waals surface area contributed by atoms with E-state index < -0.39 is 5.97 Å². The molecule has 0 aromatic heterocycles. The summed E-state index contributed by atoms with van der Waals surface area (Å²) >= 11 is 0. The number of likely N-dealkylation sites (tertiary alicyclic amines) is 1. The third-order valence-corrected chi connectivity index (χ3v) is 5.35. The molecule has 3 heteroatoms. The summed E-state index contributed by atoms with van der Waals surface area (Å²) in [7, 11) is 0. The Bertz CT molecular complexity index is 366. The van der Waals surface area contributed by atoms with E-state index >= 15 is 0 Å². The minimum absolute atomic E-state index is 0.209. The number of hydrogen-bond donors (Lipinski definition) is 1. The van der Waals surface area contributed by atoms with Crippen molar-refractivity contribution in [1.29, 1.82) is 0 Å². The number of allylic oxidation sites excluding steroid dienone is 2. The van der Waals surface area contributed by atoms with Gasteiger partial charge in [-0.3, -0.25) is 9.69 Å². The van der Waals surface area contributed by atoms with E-state index in [1.807, 2.05) is 0 Å². The number of rotatable bonds is 3. The lowest BCUT2D eigenvalue weighted by atomic mass is 9.84. The van der Waals surface area contributed by atoms with Crippen LogP contribution < -0.4 is 0 Å². The lowest BCUT2D eigenvalue weighted by Gasteiger charge is -2.35. The Morgan fingerprint density at radius 2 is 2.05 bits per heavy atom. The monoisotopic (exact) mass is 263 g/mol. The molecular weight excluding hydrogens is 238 g/mol. The Morgan fingerprint density at radius 3 is 2.79 bits per heavy atom. The van der Waals surface area contributed by atoms with Crippen LogP contribution in [-0.4, -0.2) is 34.6 Å². The third-order valence-electron chi connectivity index (χ3n) is 5.35. The van der Waals surface area contributed by atoms with Gasteiger partial charge in [0.1, 0.15) is 6.04 Å². The zero-order valence-electron chi connectivity index (χ0n) is 11.6. The molecule has 0 spiro atoms. The Kier molecular flexibility index (Phi) is 3.92. The van der Waals surface area contributed by atoms with Crippen LogP contribution in [0.1, 0.15) is 51.4 Å². The summed E-state index contributed by atoms with van der Waals surface area (Å²) in [4.78, 5) is 13.9. The fraction of sp³-hybridized carbons (Fsp3) is 0.812. The molecule has 1 heterocycles. The van der Waals surface area contributed by atoms with Gasteiger partial charge in [0.15, 0.2) is 0 Å². The maximum Gasteiger partial charge on any atom is 0.320 e. The predicted molar refractivity (Wildman–Crippen MR) is 75.0 cm³/mol. The Balaban J connectivity index is 1.71. The number of carbonyl (C=O) groups is 1. The van der Waals surface area contributed by atoms with Gasteiger partial charge < -0.3 is 5.11 Å². The molecule has 0 amide bonds. The van der Waals surface area contributed by atoms with Gasteiger partial charge in [0.2, 0.25) is 0 Å². The van der Waals surface area contributed by atoms with Crippen molar-refractivity contribution < 1.29 is 9.90 Å². The third kappa shape index (κ3) is 2.71. The summed E-state index contributed by atoms with van der Waals surface area (Å²) in [6.45, 7) is 1.00. The molecule has 3 aliphatic rings. The van der Waals surface area contributed by atoms with E-state index in [4.69, 9.17) is 0 Å². The molecule has 1 saturated carbocycles. The first-order valence-corrected chi connectivity index (χ1v) is 7.89. The van der Waals surface area contributed by atoms with Crippen molar-refractivity contribution in [3.8, 4) is 0 Å². The highest BCUT2D eigenvalue weighted by Crippen LogP contribution is 2.40. The standard InChI is InChI=1S/C16H25NO2/c18-16(19)15-10-13-8-4-5-9-14(13)17(15)11-12-6-2-1-3-7-12/h1-2,12-15H,3-11H2,(H,18,19). The molecule has 0 aromatic carbocycles. The first-order valence-electron chi connectivity index (χ1n) is 7.89. The molecule has 0 bridgehead atoms. The van der Waals surface area contributed by atoms with Crippen molar-refractivity contribution in [2.75, 3.05) is 6.54 Å². The number of carboxylic acids is 1. The lowest BCUT2D eigenvalue weighted by molar-refractivity contribution is -0.142. The van der Waals surface area contributed by atoms with Crippen LogP contribution in [0.4, 0.5) is 0 Å². The number of hydrogen-bond acceptors (Lipinski definition) is 2. The van der Waals surface area contributed by atoms with E-state index in [0.29, 0.717) is 17.9 Å². The van der Waals surface area contributed by atoms with Gasteiger partial charge in [0.05, 0.1) is 0 Å². The predicted octanol–water partition coefficient (Wildman–Crippen LogP) is 3.06. The highest BCUT2D eigenvalue weighted by Gasteiger charge is 2.45. The topological polar surface area (TPSA) is 40.5 Å². The molecule has 3 nitrogen and oxygen atoms in total. The molecule has 2 aliphatic carbocycles. The van der Waals surface area contributed by atoms with Crippen molar-refractivity contribution in [2.24, 2.45) is 11.8 Å². The minimum atomic E-state index is -0.597. The van der Waals surface area contributed by atoms with Gasteiger partial charge in [-0.2, -0.15) is 0 Å². The molecule has 4 atom stereocenters. The van der Waals surface area contributed by atoms with E-state index in [-0.39, 0.29) is 6.04 Å². The summed E-state index contributed by atoms with van der Waals surface area (Å²) in [6, 6.07) is 0.347. The van der Waals surface area contributed by atoms with Gasteiger partial charge in [-0.15, -0.1) is 0 Å². The summed E-state index contributed by atoms with van der Waals surface area (Å²) in [5.41, 5.74) is 0. The summed E-state index contributed by atoms with van der Waals surface area (Å²) in [5.74, 6) is 0.724. The molecule has 0 radical (unpaired) electrons. The number of carboxylic acid groups (broad SMARTS) is 1. The fourth-order valence-electron chi connectivity index (χ4n) is 4.38. The lowest BCUT2D eigenvalue weighted by Crippen LogP contribution is -2.44. The first-order chi connectivity index (χ1) is 9.25. The van der Waals surface area contributed by atoms with Gasteiger partial charge in [-0.25, -0.2) is 0 Å². The second kappa shape index (κ2) is 5.66. The Morgan fingerprint density at radius 1 is 1.21 bits per heavy atom. The first kappa shape index (κ1) is 13.2. The van der Waals surface area contributed by atoms with Gasteiger partial charge in [0.25, 0.3) is 0 Å². The smallest absolute Gasteiger partial charge is 0.320 e. The largest absolute Gasteiger partial charge is 0.480 e. The Hall–Kier alpha value is -0.830. The highest BCUT2D eigenvalue weighted by atomic mass is 16.4. The van der Waals surface area contributed by atoms with Crippen LogP contribution in [0.3, 0.4) is 0 Å². The van der Waals surface area contributed by atoms with E-state index in [1.54, 1.807) is 0 Å². The number of fused-ring (bicyclic) bond motifs is 1. The van der Waals surface area contributed by atoms with Crippen LogP contribution in [0, 0.1) is 11.8 Å². The van der Waals surface area contributed by atoms with Crippen molar-refractivity contribution in [3.05, 3.63) is 12.2 Å². The van der Waals surface area contributed by atoms with Gasteiger partial charge in [-0.1, -0.05) is 25.0 Å². The van der Waals surface area contributed by atoms with Gasteiger partial charge in [0, 0.05) is 12.6 Å². The SMILES string of the molecule is O=C(O)C1CC2CCCCC2N1CC1CC=CCC1. The van der Waals surface area contributed by atoms with Crippen LogP contribution in [0.15, 0.2) is 12.2 Å². The van der Waals surface area contributed by atoms with E-state index in [1.165, 1.54) is 38.5 Å². The van der Waals surface area contributed by atoms with Gasteiger partial charge in [-0.05, 0) is 50.4 Å². The summed E-state index contributed by atoms with van der Waals surface area (Å²) < 4.78 is 0. The van der Waals surface area contributed by atoms with Crippen molar-refractivity contribution >= 4 is 5.97 Å². The maximum absolute atomic E-state index is 11.5. The van der Waals surface area contributed by atoms with Crippen LogP contribution in [0.2, 0.25) is 0 Å². The zero-order valence-corrected chi connectivity index (χ0v) is 11.6. The van der Waals surface area contributed by atoms with E-state index in [2.05, 4.69) is 17.1 Å². The molecule has 1 saturated heterocycles. The molecule has 1 N–H and O–H groups in total. The minimum Gasteiger partial charge on any atom is -0.480 e. The summed E-state index contributed by atoms with van der Waals surface area (Å²) in [5, 5.41) is 9.50. The fourth-order valence-corrected chi connectivity index (χ4v) is 4.38. The van der Waals surface area contributed by atoms with E-state index in [0.717, 1.165) is 19.4 Å². The second-order valence-corrected chi connectivity index (χ2v) is 6.55. The molecule has 106 valence electrons. The Labute approximate surface area is 115 Å². The molecule has 0 aromatic rings. The molecule has 4 unspecified atom stereocenters. The number of aliphatic carboxylic acids is 1. The van der Waals surface area contributed by atoms with E-state index in [9.17, 15) is 9.90 Å². The van der Waals surface area contributed by atoms with Crippen molar-refractivity contribution in [1.82, 2.24) is 4.90 Å². The average molecular weight is 263 g/mol. The molecule has 19 heavy (non-hydrogen) atoms. The van der Waals surface area contributed by atoms with Crippen molar-refractivity contribution in [2.45, 2.75) is 63.5 Å². The normalized spacial score (nSPS) is 39.2. The van der Waals surface area contributed by atoms with Crippen molar-refractivity contribution in [3.63, 3.8) is 0 Å². The highest BCUT2D eigenvalue weighted by molar-refractivity contribution is 5.74. The summed E-state index contributed by atoms with van der Waals surface area (Å²) in [6.07, 6.45) is 14.0. The molecule has 2 fully saturated rings. The molecule has 1 aliphatic heterocycles. The second-order valence-electron chi connectivity index (χ2n) is 6.55. The van der Waals surface area contributed by atoms with Gasteiger partial charge >= 0.3 is 5.97 Å². The van der Waals surface area contributed by atoms with Crippen LogP contribution in [0.5, 0.6) is 0 Å². The molecule has 3 rings (SSSR count). The molecular formula is C16H25NO2. The number of nitrogens with zero attached hydrogens (tertiary/aromatic N) is 1. The quantitative estimate of drug-likeness (QED) is 0.796.